The number of carboxylic acids is 1. The topological polar surface area (TPSA) is 92.4 Å². The van der Waals surface area contributed by atoms with Crippen molar-refractivity contribution in [3.05, 3.63) is 28.8 Å². The molecule has 0 saturated carbocycles. The summed E-state index contributed by atoms with van der Waals surface area (Å²) in [6.45, 7) is 5.35. The van der Waals surface area contributed by atoms with E-state index in [0.29, 0.717) is 17.7 Å². The molecule has 1 amide bonds. The van der Waals surface area contributed by atoms with Crippen LogP contribution < -0.4 is 11.1 Å². The van der Waals surface area contributed by atoms with E-state index in [2.05, 4.69) is 5.32 Å². The highest BCUT2D eigenvalue weighted by atomic mass is 16.4. The Morgan fingerprint density at radius 2 is 2.00 bits per heavy atom. The predicted octanol–water partition coefficient (Wildman–Crippen LogP) is 1.68. The first-order valence-corrected chi connectivity index (χ1v) is 5.77. The van der Waals surface area contributed by atoms with Crippen LogP contribution >= 0.6 is 0 Å². The van der Waals surface area contributed by atoms with Crippen molar-refractivity contribution in [2.75, 3.05) is 5.32 Å². The van der Waals surface area contributed by atoms with Gasteiger partial charge in [0.1, 0.15) is 0 Å². The number of rotatable bonds is 4. The highest BCUT2D eigenvalue weighted by Gasteiger charge is 2.14. The van der Waals surface area contributed by atoms with Crippen LogP contribution in [0.5, 0.6) is 0 Å². The number of aromatic carboxylic acids is 1. The first-order chi connectivity index (χ1) is 8.36. The largest absolute Gasteiger partial charge is 0.478 e. The molecule has 5 nitrogen and oxygen atoms in total. The lowest BCUT2D eigenvalue weighted by Gasteiger charge is -2.13. The summed E-state index contributed by atoms with van der Waals surface area (Å²) in [6.07, 6.45) is 0.530. The summed E-state index contributed by atoms with van der Waals surface area (Å²) >= 11 is 0. The van der Waals surface area contributed by atoms with E-state index < -0.39 is 12.0 Å². The highest BCUT2D eigenvalue weighted by molar-refractivity contribution is 5.97. The third-order valence-corrected chi connectivity index (χ3v) is 2.94. The molecule has 1 aromatic carbocycles. The number of carboxylic acid groups (broad SMARTS) is 1. The summed E-state index contributed by atoms with van der Waals surface area (Å²) < 4.78 is 0. The highest BCUT2D eigenvalue weighted by Crippen LogP contribution is 2.20. The fourth-order valence-electron chi connectivity index (χ4n) is 1.57. The van der Waals surface area contributed by atoms with Gasteiger partial charge >= 0.3 is 5.97 Å². The molecule has 98 valence electrons. The second kappa shape index (κ2) is 5.64. The van der Waals surface area contributed by atoms with E-state index in [4.69, 9.17) is 10.8 Å². The zero-order valence-electron chi connectivity index (χ0n) is 10.8. The summed E-state index contributed by atoms with van der Waals surface area (Å²) in [6, 6.07) is 2.60. The molecule has 0 bridgehead atoms. The molecule has 1 unspecified atom stereocenters. The molecule has 18 heavy (non-hydrogen) atoms. The first kappa shape index (κ1) is 14.2. The minimum atomic E-state index is -1.01. The number of aryl methyl sites for hydroxylation is 1. The van der Waals surface area contributed by atoms with Crippen LogP contribution in [0.2, 0.25) is 0 Å². The van der Waals surface area contributed by atoms with Crippen LogP contribution in [-0.2, 0) is 4.79 Å². The van der Waals surface area contributed by atoms with Crippen molar-refractivity contribution >= 4 is 17.6 Å². The molecule has 0 heterocycles. The van der Waals surface area contributed by atoms with E-state index >= 15 is 0 Å². The summed E-state index contributed by atoms with van der Waals surface area (Å²) in [4.78, 5) is 22.7. The molecule has 0 aliphatic rings. The molecule has 1 aromatic rings. The molecule has 0 spiro atoms. The standard InChI is InChI=1S/C13H18N2O3/c1-4-11(14)12(16)15-9-5-7(2)8(3)10(6-9)13(17)18/h5-6,11H,4,14H2,1-3H3,(H,15,16)(H,17,18). The number of carbonyl (C=O) groups excluding carboxylic acids is 1. The van der Waals surface area contributed by atoms with E-state index in [9.17, 15) is 9.59 Å². The molecular formula is C13H18N2O3. The molecule has 0 aliphatic heterocycles. The maximum Gasteiger partial charge on any atom is 0.336 e. The molecule has 0 aliphatic carbocycles. The third-order valence-electron chi connectivity index (χ3n) is 2.94. The van der Waals surface area contributed by atoms with Gasteiger partial charge in [0.25, 0.3) is 0 Å². The molecule has 0 fully saturated rings. The van der Waals surface area contributed by atoms with Crippen molar-refractivity contribution in [3.8, 4) is 0 Å². The van der Waals surface area contributed by atoms with Gasteiger partial charge in [-0.1, -0.05) is 6.92 Å². The predicted molar refractivity (Wildman–Crippen MR) is 69.8 cm³/mol. The SMILES string of the molecule is CCC(N)C(=O)Nc1cc(C)c(C)c(C(=O)O)c1. The van der Waals surface area contributed by atoms with Crippen molar-refractivity contribution in [1.82, 2.24) is 0 Å². The van der Waals surface area contributed by atoms with Crippen molar-refractivity contribution in [2.24, 2.45) is 5.73 Å². The summed E-state index contributed by atoms with van der Waals surface area (Å²) in [5.41, 5.74) is 7.76. The molecule has 0 saturated heterocycles. The normalized spacial score (nSPS) is 12.0. The molecule has 1 atom stereocenters. The monoisotopic (exact) mass is 250 g/mol. The second-order valence-corrected chi connectivity index (χ2v) is 4.27. The Morgan fingerprint density at radius 1 is 1.39 bits per heavy atom. The van der Waals surface area contributed by atoms with E-state index in [1.54, 1.807) is 19.9 Å². The minimum Gasteiger partial charge on any atom is -0.478 e. The van der Waals surface area contributed by atoms with Gasteiger partial charge in [-0.25, -0.2) is 4.79 Å². The zero-order chi connectivity index (χ0) is 13.9. The number of nitrogens with one attached hydrogen (secondary N) is 1. The summed E-state index contributed by atoms with van der Waals surface area (Å²) in [5, 5.41) is 11.7. The van der Waals surface area contributed by atoms with Gasteiger partial charge in [-0.2, -0.15) is 0 Å². The van der Waals surface area contributed by atoms with Crippen LogP contribution in [0.4, 0.5) is 5.69 Å². The quantitative estimate of drug-likeness (QED) is 0.758. The lowest BCUT2D eigenvalue weighted by molar-refractivity contribution is -0.117. The lowest BCUT2D eigenvalue weighted by Crippen LogP contribution is -2.34. The van der Waals surface area contributed by atoms with Crippen molar-refractivity contribution in [3.63, 3.8) is 0 Å². The fourth-order valence-corrected chi connectivity index (χ4v) is 1.57. The van der Waals surface area contributed by atoms with Crippen molar-refractivity contribution in [2.45, 2.75) is 33.2 Å². The van der Waals surface area contributed by atoms with Crippen LogP contribution in [0.3, 0.4) is 0 Å². The minimum absolute atomic E-state index is 0.190. The maximum atomic E-state index is 11.6. The smallest absolute Gasteiger partial charge is 0.336 e. The number of nitrogens with two attached hydrogens (primary N) is 1. The lowest BCUT2D eigenvalue weighted by atomic mass is 10.0. The molecule has 4 N–H and O–H groups in total. The Labute approximate surface area is 106 Å². The number of hydrogen-bond donors (Lipinski definition) is 3. The fraction of sp³-hybridized carbons (Fsp3) is 0.385. The van der Waals surface area contributed by atoms with E-state index in [-0.39, 0.29) is 11.5 Å². The van der Waals surface area contributed by atoms with Gasteiger partial charge in [0.05, 0.1) is 11.6 Å². The van der Waals surface area contributed by atoms with E-state index in [1.807, 2.05) is 6.92 Å². The Bertz CT molecular complexity index is 483. The van der Waals surface area contributed by atoms with E-state index in [0.717, 1.165) is 5.56 Å². The Kier molecular flexibility index (Phi) is 4.44. The molecule has 0 aromatic heterocycles. The molecule has 5 heteroatoms. The average molecular weight is 250 g/mol. The van der Waals surface area contributed by atoms with Gasteiger partial charge in [-0.15, -0.1) is 0 Å². The number of anilines is 1. The van der Waals surface area contributed by atoms with Crippen LogP contribution in [0.25, 0.3) is 0 Å². The maximum absolute atomic E-state index is 11.6. The van der Waals surface area contributed by atoms with Gasteiger partial charge in [0, 0.05) is 5.69 Å². The van der Waals surface area contributed by atoms with Gasteiger partial charge < -0.3 is 16.2 Å². The van der Waals surface area contributed by atoms with Crippen molar-refractivity contribution < 1.29 is 14.7 Å². The van der Waals surface area contributed by atoms with E-state index in [1.165, 1.54) is 6.07 Å². The first-order valence-electron chi connectivity index (χ1n) is 5.77. The zero-order valence-corrected chi connectivity index (χ0v) is 10.8. The van der Waals surface area contributed by atoms with Gasteiger partial charge in [0.2, 0.25) is 5.91 Å². The average Bonchev–Trinajstić information content (AvgIpc) is 2.31. The van der Waals surface area contributed by atoms with Crippen LogP contribution in [-0.4, -0.2) is 23.0 Å². The van der Waals surface area contributed by atoms with Gasteiger partial charge in [-0.05, 0) is 43.5 Å². The van der Waals surface area contributed by atoms with Crippen LogP contribution in [0, 0.1) is 13.8 Å². The van der Waals surface area contributed by atoms with Gasteiger partial charge in [-0.3, -0.25) is 4.79 Å². The summed E-state index contributed by atoms with van der Waals surface area (Å²) in [5.74, 6) is -1.32. The number of carbonyl (C=O) groups is 2. The third kappa shape index (κ3) is 3.07. The summed E-state index contributed by atoms with van der Waals surface area (Å²) in [7, 11) is 0. The Morgan fingerprint density at radius 3 is 2.50 bits per heavy atom. The molecular weight excluding hydrogens is 232 g/mol. The second-order valence-electron chi connectivity index (χ2n) is 4.27. The number of hydrogen-bond acceptors (Lipinski definition) is 3. The number of amides is 1. The van der Waals surface area contributed by atoms with Crippen molar-refractivity contribution in [1.29, 1.82) is 0 Å². The van der Waals surface area contributed by atoms with Crippen LogP contribution in [0.15, 0.2) is 12.1 Å². The Hall–Kier alpha value is -1.88. The van der Waals surface area contributed by atoms with Crippen LogP contribution in [0.1, 0.15) is 34.8 Å². The molecule has 1 rings (SSSR count). The molecule has 0 radical (unpaired) electrons. The van der Waals surface area contributed by atoms with Gasteiger partial charge in [0.15, 0.2) is 0 Å². The Balaban J connectivity index is 3.05. The number of benzene rings is 1.